The number of nitrogens with zero attached hydrogens (tertiary/aromatic N) is 1. The average molecular weight is 300 g/mol. The van der Waals surface area contributed by atoms with Gasteiger partial charge >= 0.3 is 0 Å². The molecule has 0 spiro atoms. The Morgan fingerprint density at radius 2 is 2.05 bits per heavy atom. The molecule has 2 atom stereocenters. The molecule has 0 unspecified atom stereocenters. The van der Waals surface area contributed by atoms with Crippen LogP contribution in [0.1, 0.15) is 55.8 Å². The van der Waals surface area contributed by atoms with Gasteiger partial charge in [-0.2, -0.15) is 0 Å². The van der Waals surface area contributed by atoms with E-state index in [1.54, 1.807) is 4.90 Å². The molecule has 0 aromatic heterocycles. The molecule has 1 aliphatic heterocycles. The molecule has 2 fully saturated rings. The Bertz CT molecular complexity index is 570. The minimum atomic E-state index is -0.0211. The molecular weight excluding hydrogens is 276 g/mol. The number of rotatable bonds is 3. The van der Waals surface area contributed by atoms with Crippen molar-refractivity contribution in [3.63, 3.8) is 0 Å². The van der Waals surface area contributed by atoms with Crippen LogP contribution in [-0.4, -0.2) is 24.4 Å². The lowest BCUT2D eigenvalue weighted by molar-refractivity contribution is -0.117. The van der Waals surface area contributed by atoms with Crippen molar-refractivity contribution in [1.82, 2.24) is 5.32 Å². The van der Waals surface area contributed by atoms with E-state index >= 15 is 0 Å². The zero-order chi connectivity index (χ0) is 15.5. The number of amides is 2. The van der Waals surface area contributed by atoms with Crippen LogP contribution in [0, 0.1) is 5.92 Å². The first-order chi connectivity index (χ1) is 10.6. The highest BCUT2D eigenvalue weighted by atomic mass is 16.2. The van der Waals surface area contributed by atoms with E-state index < -0.39 is 0 Å². The molecule has 1 aromatic carbocycles. The maximum Gasteiger partial charge on any atom is 0.251 e. The van der Waals surface area contributed by atoms with Crippen molar-refractivity contribution in [3.8, 4) is 0 Å². The van der Waals surface area contributed by atoms with Gasteiger partial charge < -0.3 is 10.2 Å². The second-order valence-corrected chi connectivity index (χ2v) is 6.54. The van der Waals surface area contributed by atoms with E-state index in [1.165, 1.54) is 19.3 Å². The summed E-state index contributed by atoms with van der Waals surface area (Å²) in [6, 6.07) is 7.71. The Kier molecular flexibility index (Phi) is 4.46. The minimum Gasteiger partial charge on any atom is -0.349 e. The van der Waals surface area contributed by atoms with Crippen molar-refractivity contribution >= 4 is 17.5 Å². The van der Waals surface area contributed by atoms with Gasteiger partial charge in [0.2, 0.25) is 5.91 Å². The predicted molar refractivity (Wildman–Crippen MR) is 86.9 cm³/mol. The highest BCUT2D eigenvalue weighted by Crippen LogP contribution is 2.25. The van der Waals surface area contributed by atoms with Gasteiger partial charge in [-0.05, 0) is 43.4 Å². The third-order valence-electron chi connectivity index (χ3n) is 4.92. The Morgan fingerprint density at radius 3 is 2.77 bits per heavy atom. The summed E-state index contributed by atoms with van der Waals surface area (Å²) in [4.78, 5) is 26.1. The summed E-state index contributed by atoms with van der Waals surface area (Å²) in [5, 5.41) is 3.17. The van der Waals surface area contributed by atoms with E-state index in [1.807, 2.05) is 24.3 Å². The van der Waals surface area contributed by atoms with Crippen molar-refractivity contribution in [2.24, 2.45) is 5.92 Å². The van der Waals surface area contributed by atoms with Crippen molar-refractivity contribution < 1.29 is 9.59 Å². The molecule has 1 saturated carbocycles. The standard InChI is InChI=1S/C18H24N2O2/c1-13-6-2-3-9-16(13)19-18(22)14-7-4-8-15(12-14)20-11-5-10-17(20)21/h4,7-8,12-13,16H,2-3,5-6,9-11H2,1H3,(H,19,22)/t13-,16-/m0/s1. The van der Waals surface area contributed by atoms with Crippen LogP contribution in [0.3, 0.4) is 0 Å². The van der Waals surface area contributed by atoms with Crippen LogP contribution in [0.25, 0.3) is 0 Å². The summed E-state index contributed by atoms with van der Waals surface area (Å²) in [7, 11) is 0. The van der Waals surface area contributed by atoms with Gasteiger partial charge in [-0.15, -0.1) is 0 Å². The second-order valence-electron chi connectivity index (χ2n) is 6.54. The first-order valence-corrected chi connectivity index (χ1v) is 8.36. The largest absolute Gasteiger partial charge is 0.349 e. The highest BCUT2D eigenvalue weighted by Gasteiger charge is 2.25. The van der Waals surface area contributed by atoms with Gasteiger partial charge in [0.05, 0.1) is 0 Å². The Balaban J connectivity index is 1.71. The smallest absolute Gasteiger partial charge is 0.251 e. The number of carbonyl (C=O) groups is 2. The number of hydrogen-bond donors (Lipinski definition) is 1. The fraction of sp³-hybridized carbons (Fsp3) is 0.556. The second kappa shape index (κ2) is 6.51. The highest BCUT2D eigenvalue weighted by molar-refractivity contribution is 5.99. The first kappa shape index (κ1) is 15.1. The van der Waals surface area contributed by atoms with Crippen LogP contribution >= 0.6 is 0 Å². The number of carbonyl (C=O) groups excluding carboxylic acids is 2. The molecule has 4 nitrogen and oxygen atoms in total. The van der Waals surface area contributed by atoms with E-state index in [9.17, 15) is 9.59 Å². The molecule has 0 radical (unpaired) electrons. The molecule has 2 amide bonds. The molecular formula is C18H24N2O2. The van der Waals surface area contributed by atoms with Gasteiger partial charge in [0, 0.05) is 30.3 Å². The topological polar surface area (TPSA) is 49.4 Å². The van der Waals surface area contributed by atoms with Gasteiger partial charge in [-0.25, -0.2) is 0 Å². The Morgan fingerprint density at radius 1 is 1.23 bits per heavy atom. The molecule has 1 heterocycles. The summed E-state index contributed by atoms with van der Waals surface area (Å²) in [6.45, 7) is 2.97. The molecule has 1 aliphatic carbocycles. The monoisotopic (exact) mass is 300 g/mol. The van der Waals surface area contributed by atoms with Crippen molar-refractivity contribution in [2.75, 3.05) is 11.4 Å². The fourth-order valence-corrected chi connectivity index (χ4v) is 3.52. The molecule has 0 bridgehead atoms. The van der Waals surface area contributed by atoms with Crippen LogP contribution in [0.5, 0.6) is 0 Å². The molecule has 3 rings (SSSR count). The Hall–Kier alpha value is -1.84. The van der Waals surface area contributed by atoms with E-state index in [0.717, 1.165) is 25.1 Å². The lowest BCUT2D eigenvalue weighted by Crippen LogP contribution is -2.41. The van der Waals surface area contributed by atoms with E-state index in [0.29, 0.717) is 17.9 Å². The summed E-state index contributed by atoms with van der Waals surface area (Å²) in [5.74, 6) is 0.673. The number of nitrogens with one attached hydrogen (secondary N) is 1. The fourth-order valence-electron chi connectivity index (χ4n) is 3.52. The number of anilines is 1. The van der Waals surface area contributed by atoms with Gasteiger partial charge in [-0.1, -0.05) is 25.8 Å². The zero-order valence-corrected chi connectivity index (χ0v) is 13.2. The van der Waals surface area contributed by atoms with Crippen LogP contribution in [0.15, 0.2) is 24.3 Å². The van der Waals surface area contributed by atoms with Crippen LogP contribution < -0.4 is 10.2 Å². The maximum absolute atomic E-state index is 12.5. The first-order valence-electron chi connectivity index (χ1n) is 8.36. The predicted octanol–water partition coefficient (Wildman–Crippen LogP) is 3.12. The van der Waals surface area contributed by atoms with Crippen LogP contribution in [0.2, 0.25) is 0 Å². The summed E-state index contributed by atoms with van der Waals surface area (Å²) >= 11 is 0. The van der Waals surface area contributed by atoms with Crippen LogP contribution in [0.4, 0.5) is 5.69 Å². The molecule has 1 aromatic rings. The summed E-state index contributed by atoms with van der Waals surface area (Å²) < 4.78 is 0. The normalized spacial score (nSPS) is 25.3. The maximum atomic E-state index is 12.5. The molecule has 2 aliphatic rings. The molecule has 118 valence electrons. The van der Waals surface area contributed by atoms with Gasteiger partial charge in [0.25, 0.3) is 5.91 Å². The molecule has 1 N–H and O–H groups in total. The van der Waals surface area contributed by atoms with Crippen molar-refractivity contribution in [1.29, 1.82) is 0 Å². The lowest BCUT2D eigenvalue weighted by Gasteiger charge is -2.29. The van der Waals surface area contributed by atoms with Crippen molar-refractivity contribution in [3.05, 3.63) is 29.8 Å². The third-order valence-corrected chi connectivity index (χ3v) is 4.92. The third kappa shape index (κ3) is 3.16. The average Bonchev–Trinajstić information content (AvgIpc) is 2.96. The van der Waals surface area contributed by atoms with Crippen molar-refractivity contribution in [2.45, 2.75) is 51.5 Å². The summed E-state index contributed by atoms with van der Waals surface area (Å²) in [5.41, 5.74) is 1.49. The van der Waals surface area contributed by atoms with Gasteiger partial charge in [0.1, 0.15) is 0 Å². The Labute approximate surface area is 131 Å². The number of benzene rings is 1. The molecule has 22 heavy (non-hydrogen) atoms. The van der Waals surface area contributed by atoms with E-state index in [4.69, 9.17) is 0 Å². The van der Waals surface area contributed by atoms with Gasteiger partial charge in [-0.3, -0.25) is 9.59 Å². The quantitative estimate of drug-likeness (QED) is 0.932. The number of hydrogen-bond acceptors (Lipinski definition) is 2. The SMILES string of the molecule is C[C@H]1CCCC[C@@H]1NC(=O)c1cccc(N2CCCC2=O)c1. The minimum absolute atomic E-state index is 0.0211. The molecule has 4 heteroatoms. The van der Waals surface area contributed by atoms with E-state index in [-0.39, 0.29) is 17.9 Å². The molecule has 1 saturated heterocycles. The lowest BCUT2D eigenvalue weighted by atomic mass is 9.86. The van der Waals surface area contributed by atoms with Crippen LogP contribution in [-0.2, 0) is 4.79 Å². The summed E-state index contributed by atoms with van der Waals surface area (Å²) in [6.07, 6.45) is 6.22. The zero-order valence-electron chi connectivity index (χ0n) is 13.2. The van der Waals surface area contributed by atoms with E-state index in [2.05, 4.69) is 12.2 Å². The van der Waals surface area contributed by atoms with Gasteiger partial charge in [0.15, 0.2) is 0 Å².